The Balaban J connectivity index is 2.11. The van der Waals surface area contributed by atoms with Gasteiger partial charge >= 0.3 is 0 Å². The molecule has 0 aliphatic carbocycles. The van der Waals surface area contributed by atoms with Gasteiger partial charge in [-0.2, -0.15) is 0 Å². The Morgan fingerprint density at radius 3 is 3.00 bits per heavy atom. The van der Waals surface area contributed by atoms with Crippen LogP contribution in [0.4, 0.5) is 0 Å². The number of carbonyl (C=O) groups excluding carboxylic acids is 2. The average molecular weight is 168 g/mol. The van der Waals surface area contributed by atoms with E-state index >= 15 is 0 Å². The Bertz CT molecular complexity index is 227. The number of amides is 2. The van der Waals surface area contributed by atoms with Crippen LogP contribution in [-0.4, -0.2) is 29.4 Å². The van der Waals surface area contributed by atoms with Crippen LogP contribution >= 0.6 is 0 Å². The van der Waals surface area contributed by atoms with Crippen molar-refractivity contribution >= 4 is 11.8 Å². The predicted octanol–water partition coefficient (Wildman–Crippen LogP) is -0.155. The second-order valence-corrected chi connectivity index (χ2v) is 3.34. The number of nitrogens with one attached hydrogen (secondary N) is 1. The van der Waals surface area contributed by atoms with Gasteiger partial charge in [0.15, 0.2) is 0 Å². The summed E-state index contributed by atoms with van der Waals surface area (Å²) < 4.78 is 0. The molecule has 0 bridgehead atoms. The summed E-state index contributed by atoms with van der Waals surface area (Å²) in [5, 5.41) is 2.81. The predicted molar refractivity (Wildman–Crippen MR) is 42.1 cm³/mol. The summed E-state index contributed by atoms with van der Waals surface area (Å²) in [4.78, 5) is 24.1. The summed E-state index contributed by atoms with van der Waals surface area (Å²) in [6, 6.07) is 0. The lowest BCUT2D eigenvalue weighted by Crippen LogP contribution is -2.58. The Labute approximate surface area is 70.9 Å². The van der Waals surface area contributed by atoms with Crippen molar-refractivity contribution in [2.45, 2.75) is 31.8 Å². The van der Waals surface area contributed by atoms with Gasteiger partial charge in [-0.15, -0.1) is 0 Å². The van der Waals surface area contributed by atoms with Crippen LogP contribution in [0, 0.1) is 0 Å². The maximum atomic E-state index is 11.3. The highest BCUT2D eigenvalue weighted by Gasteiger charge is 2.33. The Morgan fingerprint density at radius 1 is 1.33 bits per heavy atom. The molecule has 4 nitrogen and oxygen atoms in total. The monoisotopic (exact) mass is 168 g/mol. The minimum absolute atomic E-state index is 0.00694. The molecule has 0 saturated carbocycles. The summed E-state index contributed by atoms with van der Waals surface area (Å²) >= 11 is 0. The van der Waals surface area contributed by atoms with Crippen molar-refractivity contribution in [3.8, 4) is 0 Å². The molecule has 2 heterocycles. The first-order chi connectivity index (χ1) is 5.77. The van der Waals surface area contributed by atoms with Crippen LogP contribution in [0.25, 0.3) is 0 Å². The molecule has 12 heavy (non-hydrogen) atoms. The van der Waals surface area contributed by atoms with Gasteiger partial charge in [0, 0.05) is 6.54 Å². The van der Waals surface area contributed by atoms with E-state index < -0.39 is 0 Å². The third kappa shape index (κ3) is 1.17. The zero-order valence-electron chi connectivity index (χ0n) is 6.88. The average Bonchev–Trinajstić information content (AvgIpc) is 2.04. The molecule has 66 valence electrons. The van der Waals surface area contributed by atoms with Crippen molar-refractivity contribution in [1.29, 1.82) is 0 Å². The van der Waals surface area contributed by atoms with Gasteiger partial charge in [-0.1, -0.05) is 0 Å². The third-order valence-electron chi connectivity index (χ3n) is 2.46. The van der Waals surface area contributed by atoms with Crippen LogP contribution in [0.5, 0.6) is 0 Å². The van der Waals surface area contributed by atoms with E-state index in [0.717, 1.165) is 25.8 Å². The third-order valence-corrected chi connectivity index (χ3v) is 2.46. The van der Waals surface area contributed by atoms with Crippen molar-refractivity contribution in [3.05, 3.63) is 0 Å². The molecular formula is C8H12N2O2. The summed E-state index contributed by atoms with van der Waals surface area (Å²) in [5.41, 5.74) is 0. The Morgan fingerprint density at radius 2 is 2.17 bits per heavy atom. The first kappa shape index (κ1) is 7.58. The number of carbonyl (C=O) groups is 2. The van der Waals surface area contributed by atoms with Crippen molar-refractivity contribution < 1.29 is 9.59 Å². The summed E-state index contributed by atoms with van der Waals surface area (Å²) in [5.74, 6) is -0.133. The lowest BCUT2D eigenvalue weighted by molar-refractivity contribution is -0.146. The molecule has 2 amide bonds. The molecule has 2 saturated heterocycles. The van der Waals surface area contributed by atoms with E-state index in [1.807, 2.05) is 0 Å². The SMILES string of the molecule is O=C1CC(=O)N2CCCC[C@H]2N1. The zero-order valence-corrected chi connectivity index (χ0v) is 6.88. The second-order valence-electron chi connectivity index (χ2n) is 3.34. The minimum atomic E-state index is -0.122. The smallest absolute Gasteiger partial charge is 0.233 e. The fraction of sp³-hybridized carbons (Fsp3) is 0.750. The van der Waals surface area contributed by atoms with Crippen LogP contribution in [0.2, 0.25) is 0 Å². The maximum Gasteiger partial charge on any atom is 0.233 e. The first-order valence-corrected chi connectivity index (χ1v) is 4.36. The minimum Gasteiger partial charge on any atom is -0.335 e. The fourth-order valence-electron chi connectivity index (χ4n) is 1.86. The molecule has 2 aliphatic rings. The highest BCUT2D eigenvalue weighted by Crippen LogP contribution is 2.18. The Hall–Kier alpha value is -1.06. The van der Waals surface area contributed by atoms with Crippen LogP contribution in [0.1, 0.15) is 25.7 Å². The molecule has 1 N–H and O–H groups in total. The summed E-state index contributed by atoms with van der Waals surface area (Å²) in [6.07, 6.45) is 3.12. The van der Waals surface area contributed by atoms with Gasteiger partial charge in [0.25, 0.3) is 0 Å². The molecule has 0 aromatic carbocycles. The molecule has 2 fully saturated rings. The van der Waals surface area contributed by atoms with Crippen LogP contribution in [-0.2, 0) is 9.59 Å². The second kappa shape index (κ2) is 2.77. The molecule has 0 aromatic rings. The number of hydrogen-bond acceptors (Lipinski definition) is 2. The largest absolute Gasteiger partial charge is 0.335 e. The number of piperidine rings is 1. The van der Waals surface area contributed by atoms with Gasteiger partial charge < -0.3 is 10.2 Å². The van der Waals surface area contributed by atoms with E-state index in [0.29, 0.717) is 0 Å². The lowest BCUT2D eigenvalue weighted by atomic mass is 10.0. The standard InChI is InChI=1S/C8H12N2O2/c11-7-5-8(12)10-4-2-1-3-6(10)9-7/h6H,1-5H2,(H,9,11)/t6-/m0/s1. The molecule has 2 rings (SSSR count). The van der Waals surface area contributed by atoms with E-state index in [2.05, 4.69) is 5.32 Å². The van der Waals surface area contributed by atoms with Gasteiger partial charge in [0.05, 0.1) is 0 Å². The summed E-state index contributed by atoms with van der Waals surface area (Å²) in [7, 11) is 0. The van der Waals surface area contributed by atoms with E-state index in [9.17, 15) is 9.59 Å². The number of hydrogen-bond donors (Lipinski definition) is 1. The molecule has 2 aliphatic heterocycles. The highest BCUT2D eigenvalue weighted by molar-refractivity contribution is 5.99. The molecule has 0 aromatic heterocycles. The quantitative estimate of drug-likeness (QED) is 0.511. The maximum absolute atomic E-state index is 11.3. The van der Waals surface area contributed by atoms with Crippen molar-refractivity contribution in [2.24, 2.45) is 0 Å². The van der Waals surface area contributed by atoms with Crippen LogP contribution < -0.4 is 5.32 Å². The fourth-order valence-corrected chi connectivity index (χ4v) is 1.86. The molecule has 1 atom stereocenters. The van der Waals surface area contributed by atoms with E-state index in [-0.39, 0.29) is 24.4 Å². The van der Waals surface area contributed by atoms with E-state index in [4.69, 9.17) is 0 Å². The first-order valence-electron chi connectivity index (χ1n) is 4.36. The van der Waals surface area contributed by atoms with Gasteiger partial charge in [-0.05, 0) is 19.3 Å². The topological polar surface area (TPSA) is 49.4 Å². The molecular weight excluding hydrogens is 156 g/mol. The lowest BCUT2D eigenvalue weighted by Gasteiger charge is -2.39. The zero-order chi connectivity index (χ0) is 8.55. The molecule has 0 radical (unpaired) electrons. The van der Waals surface area contributed by atoms with Gasteiger partial charge in [0.2, 0.25) is 11.8 Å². The number of rotatable bonds is 0. The van der Waals surface area contributed by atoms with Gasteiger partial charge in [-0.3, -0.25) is 9.59 Å². The van der Waals surface area contributed by atoms with Crippen molar-refractivity contribution in [3.63, 3.8) is 0 Å². The normalized spacial score (nSPS) is 29.7. The van der Waals surface area contributed by atoms with Crippen molar-refractivity contribution in [1.82, 2.24) is 10.2 Å². The molecule has 4 heteroatoms. The van der Waals surface area contributed by atoms with Gasteiger partial charge in [0.1, 0.15) is 12.6 Å². The summed E-state index contributed by atoms with van der Waals surface area (Å²) in [6.45, 7) is 0.809. The number of nitrogens with zero attached hydrogens (tertiary/aromatic N) is 1. The van der Waals surface area contributed by atoms with Gasteiger partial charge in [-0.25, -0.2) is 0 Å². The van der Waals surface area contributed by atoms with E-state index in [1.54, 1.807) is 4.90 Å². The highest BCUT2D eigenvalue weighted by atomic mass is 16.2. The van der Waals surface area contributed by atoms with Crippen LogP contribution in [0.3, 0.4) is 0 Å². The number of fused-ring (bicyclic) bond motifs is 1. The molecule has 0 spiro atoms. The van der Waals surface area contributed by atoms with Crippen LogP contribution in [0.15, 0.2) is 0 Å². The molecule has 0 unspecified atom stereocenters. The Kier molecular flexibility index (Phi) is 1.75. The van der Waals surface area contributed by atoms with E-state index in [1.165, 1.54) is 0 Å². The van der Waals surface area contributed by atoms with Crippen molar-refractivity contribution in [2.75, 3.05) is 6.54 Å².